The maximum absolute atomic E-state index is 11.9. The molecule has 0 saturated carbocycles. The molecule has 126 valence electrons. The Kier molecular flexibility index (Phi) is 4.61. The molecule has 3 aromatic rings. The Bertz CT molecular complexity index is 951. The second kappa shape index (κ2) is 7.00. The summed E-state index contributed by atoms with van der Waals surface area (Å²) in [5.74, 6) is -1.10. The third kappa shape index (κ3) is 3.92. The van der Waals surface area contributed by atoms with Gasteiger partial charge in [0.15, 0.2) is 5.78 Å². The summed E-state index contributed by atoms with van der Waals surface area (Å²) < 4.78 is 5.67. The van der Waals surface area contributed by atoms with Gasteiger partial charge in [-0.3, -0.25) is 9.59 Å². The molecule has 0 aliphatic carbocycles. The summed E-state index contributed by atoms with van der Waals surface area (Å²) in [4.78, 5) is 26.3. The van der Waals surface area contributed by atoms with Crippen molar-refractivity contribution in [1.29, 1.82) is 0 Å². The molecule has 0 unspecified atom stereocenters. The van der Waals surface area contributed by atoms with E-state index in [1.165, 1.54) is 12.3 Å². The monoisotopic (exact) mass is 337 g/mol. The minimum absolute atomic E-state index is 0.160. The van der Waals surface area contributed by atoms with E-state index in [1.807, 2.05) is 36.4 Å². The van der Waals surface area contributed by atoms with Crippen molar-refractivity contribution in [3.05, 3.63) is 60.4 Å². The molecular weight excluding hydrogens is 322 g/mol. The fourth-order valence-corrected chi connectivity index (χ4v) is 2.41. The van der Waals surface area contributed by atoms with Crippen LogP contribution in [0.5, 0.6) is 17.2 Å². The number of aromatic nitrogens is 1. The Hall–Kier alpha value is -3.41. The lowest BCUT2D eigenvalue weighted by Gasteiger charge is -2.08. The Labute approximate surface area is 143 Å². The number of ether oxygens (including phenoxy) is 1. The average molecular weight is 337 g/mol. The van der Waals surface area contributed by atoms with Crippen LogP contribution >= 0.6 is 0 Å². The summed E-state index contributed by atoms with van der Waals surface area (Å²) in [7, 11) is 0. The topological polar surface area (TPSA) is 96.7 Å². The first-order valence-corrected chi connectivity index (χ1v) is 7.63. The highest BCUT2D eigenvalue weighted by atomic mass is 16.5. The van der Waals surface area contributed by atoms with Crippen LogP contribution in [0.4, 0.5) is 0 Å². The van der Waals surface area contributed by atoms with Crippen LogP contribution < -0.4 is 4.74 Å². The molecule has 1 aromatic heterocycles. The number of carboxylic acids is 1. The zero-order valence-corrected chi connectivity index (χ0v) is 13.2. The summed E-state index contributed by atoms with van der Waals surface area (Å²) >= 11 is 0. The summed E-state index contributed by atoms with van der Waals surface area (Å²) in [6.45, 7) is 0. The summed E-state index contributed by atoms with van der Waals surface area (Å²) in [6.07, 6.45) is 0.791. The Morgan fingerprint density at radius 3 is 2.44 bits per heavy atom. The highest BCUT2D eigenvalue weighted by molar-refractivity contribution is 5.98. The van der Waals surface area contributed by atoms with Gasteiger partial charge in [-0.15, -0.1) is 0 Å². The van der Waals surface area contributed by atoms with Crippen molar-refractivity contribution in [3.63, 3.8) is 0 Å². The lowest BCUT2D eigenvalue weighted by Crippen LogP contribution is -2.06. The largest absolute Gasteiger partial charge is 0.505 e. The van der Waals surface area contributed by atoms with Crippen molar-refractivity contribution >= 4 is 22.5 Å². The van der Waals surface area contributed by atoms with Gasteiger partial charge in [-0.05, 0) is 22.9 Å². The van der Waals surface area contributed by atoms with Gasteiger partial charge in [0.25, 0.3) is 0 Å². The molecule has 0 fully saturated rings. The smallest absolute Gasteiger partial charge is 0.303 e. The molecule has 2 aromatic carbocycles. The quantitative estimate of drug-likeness (QED) is 0.664. The molecule has 0 atom stereocenters. The van der Waals surface area contributed by atoms with Gasteiger partial charge in [0.1, 0.15) is 22.9 Å². The number of pyridine rings is 1. The third-order valence-electron chi connectivity index (χ3n) is 3.63. The van der Waals surface area contributed by atoms with Crippen molar-refractivity contribution in [3.8, 4) is 17.2 Å². The van der Waals surface area contributed by atoms with Crippen molar-refractivity contribution in [2.45, 2.75) is 12.8 Å². The molecule has 0 spiro atoms. The molecule has 0 amide bonds. The first-order chi connectivity index (χ1) is 12.0. The second-order valence-electron chi connectivity index (χ2n) is 5.47. The van der Waals surface area contributed by atoms with E-state index >= 15 is 0 Å². The number of hydrogen-bond donors (Lipinski definition) is 2. The second-order valence-corrected chi connectivity index (χ2v) is 5.47. The van der Waals surface area contributed by atoms with Crippen molar-refractivity contribution in [2.24, 2.45) is 0 Å². The van der Waals surface area contributed by atoms with E-state index in [1.54, 1.807) is 6.07 Å². The van der Waals surface area contributed by atoms with Gasteiger partial charge in [-0.25, -0.2) is 4.98 Å². The molecule has 6 nitrogen and oxygen atoms in total. The summed E-state index contributed by atoms with van der Waals surface area (Å²) in [5, 5.41) is 20.7. The third-order valence-corrected chi connectivity index (χ3v) is 3.63. The molecule has 0 aliphatic heterocycles. The van der Waals surface area contributed by atoms with Gasteiger partial charge in [-0.2, -0.15) is 0 Å². The standard InChI is InChI=1S/C19H15NO5/c21-16(7-8-18(23)24)19-17(22)10-15(11-20-19)25-14-6-5-12-3-1-2-4-13(12)9-14/h1-6,9-11,22H,7-8H2,(H,23,24). The van der Waals surface area contributed by atoms with Crippen LogP contribution in [-0.4, -0.2) is 26.9 Å². The van der Waals surface area contributed by atoms with Crippen molar-refractivity contribution in [2.75, 3.05) is 0 Å². The molecule has 2 N–H and O–H groups in total. The zero-order valence-electron chi connectivity index (χ0n) is 13.2. The number of rotatable bonds is 6. The molecule has 0 saturated heterocycles. The fourth-order valence-electron chi connectivity index (χ4n) is 2.41. The SMILES string of the molecule is O=C(O)CCC(=O)c1ncc(Oc2ccc3ccccc3c2)cc1O. The fraction of sp³-hybridized carbons (Fsp3) is 0.105. The minimum atomic E-state index is -1.08. The van der Waals surface area contributed by atoms with Gasteiger partial charge in [0.05, 0.1) is 12.6 Å². The van der Waals surface area contributed by atoms with E-state index < -0.39 is 11.8 Å². The number of ketones is 1. The molecule has 6 heteroatoms. The normalized spacial score (nSPS) is 10.6. The Morgan fingerprint density at radius 2 is 1.72 bits per heavy atom. The number of aromatic hydroxyl groups is 1. The number of nitrogens with zero attached hydrogens (tertiary/aromatic N) is 1. The number of aliphatic carboxylic acids is 1. The lowest BCUT2D eigenvalue weighted by molar-refractivity contribution is -0.136. The highest BCUT2D eigenvalue weighted by Crippen LogP contribution is 2.28. The summed E-state index contributed by atoms with van der Waals surface area (Å²) in [5.41, 5.74) is -0.160. The van der Waals surface area contributed by atoms with E-state index in [0.717, 1.165) is 10.8 Å². The number of fused-ring (bicyclic) bond motifs is 1. The van der Waals surface area contributed by atoms with Crippen LogP contribution in [0, 0.1) is 0 Å². The predicted molar refractivity (Wildman–Crippen MR) is 91.1 cm³/mol. The van der Waals surface area contributed by atoms with Crippen LogP contribution in [0.1, 0.15) is 23.3 Å². The van der Waals surface area contributed by atoms with Gasteiger partial charge >= 0.3 is 5.97 Å². The van der Waals surface area contributed by atoms with Gasteiger partial charge in [-0.1, -0.05) is 30.3 Å². The predicted octanol–water partition coefficient (Wildman–Crippen LogP) is 3.78. The number of carboxylic acid groups (broad SMARTS) is 1. The zero-order chi connectivity index (χ0) is 17.8. The van der Waals surface area contributed by atoms with Crippen LogP contribution in [0.15, 0.2) is 54.7 Å². The number of hydrogen-bond acceptors (Lipinski definition) is 5. The summed E-state index contributed by atoms with van der Waals surface area (Å²) in [6, 6.07) is 14.7. The average Bonchev–Trinajstić information content (AvgIpc) is 2.59. The van der Waals surface area contributed by atoms with Crippen LogP contribution in [0.25, 0.3) is 10.8 Å². The number of carbonyl (C=O) groups excluding carboxylic acids is 1. The first-order valence-electron chi connectivity index (χ1n) is 7.63. The molecule has 25 heavy (non-hydrogen) atoms. The van der Waals surface area contributed by atoms with Crippen LogP contribution in [-0.2, 0) is 4.79 Å². The number of Topliss-reactive ketones (excluding diaryl/α,β-unsaturated/α-hetero) is 1. The van der Waals surface area contributed by atoms with Gasteiger partial charge < -0.3 is 14.9 Å². The van der Waals surface area contributed by atoms with E-state index in [4.69, 9.17) is 9.84 Å². The lowest BCUT2D eigenvalue weighted by atomic mass is 10.1. The molecule has 0 aliphatic rings. The number of benzene rings is 2. The molecular formula is C19H15NO5. The van der Waals surface area contributed by atoms with Crippen molar-refractivity contribution in [1.82, 2.24) is 4.98 Å². The molecule has 0 bridgehead atoms. The number of carbonyl (C=O) groups is 2. The van der Waals surface area contributed by atoms with Crippen LogP contribution in [0.3, 0.4) is 0 Å². The molecule has 0 radical (unpaired) electrons. The van der Waals surface area contributed by atoms with E-state index in [2.05, 4.69) is 4.98 Å². The molecule has 1 heterocycles. The van der Waals surface area contributed by atoms with Gasteiger partial charge in [0, 0.05) is 12.5 Å². The van der Waals surface area contributed by atoms with E-state index in [0.29, 0.717) is 5.75 Å². The first kappa shape index (κ1) is 16.4. The van der Waals surface area contributed by atoms with E-state index in [9.17, 15) is 14.7 Å². The maximum atomic E-state index is 11.9. The Balaban J connectivity index is 1.77. The van der Waals surface area contributed by atoms with Gasteiger partial charge in [0.2, 0.25) is 0 Å². The highest BCUT2D eigenvalue weighted by Gasteiger charge is 2.15. The van der Waals surface area contributed by atoms with Crippen molar-refractivity contribution < 1.29 is 24.5 Å². The Morgan fingerprint density at radius 1 is 0.960 bits per heavy atom. The molecule has 3 rings (SSSR count). The van der Waals surface area contributed by atoms with Crippen LogP contribution in [0.2, 0.25) is 0 Å². The maximum Gasteiger partial charge on any atom is 0.303 e. The minimum Gasteiger partial charge on any atom is -0.505 e. The van der Waals surface area contributed by atoms with E-state index in [-0.39, 0.29) is 30.0 Å².